The molecule has 2 atom stereocenters. The van der Waals surface area contributed by atoms with Gasteiger partial charge in [0.05, 0.1) is 12.1 Å². The molecule has 0 saturated heterocycles. The largest absolute Gasteiger partial charge is 0.459 e. The minimum Gasteiger partial charge on any atom is -0.459 e. The molecule has 2 aromatic carbocycles. The molecule has 0 aliphatic rings. The van der Waals surface area contributed by atoms with Gasteiger partial charge in [-0.25, -0.2) is 0 Å². The van der Waals surface area contributed by atoms with Crippen LogP contribution in [-0.2, 0) is 11.3 Å². The van der Waals surface area contributed by atoms with Crippen molar-refractivity contribution < 1.29 is 9.21 Å². The van der Waals surface area contributed by atoms with Crippen molar-refractivity contribution in [3.05, 3.63) is 70.9 Å². The van der Waals surface area contributed by atoms with Crippen molar-refractivity contribution in [2.45, 2.75) is 32.5 Å². The van der Waals surface area contributed by atoms with Crippen LogP contribution >= 0.6 is 11.6 Å². The van der Waals surface area contributed by atoms with E-state index in [4.69, 9.17) is 16.0 Å². The molecule has 0 fully saturated rings. The second-order valence-electron chi connectivity index (χ2n) is 6.14. The van der Waals surface area contributed by atoms with E-state index in [2.05, 4.69) is 10.6 Å². The fourth-order valence-electron chi connectivity index (χ4n) is 2.69. The quantitative estimate of drug-likeness (QED) is 0.686. The smallest absolute Gasteiger partial charge is 0.237 e. The molecule has 5 heteroatoms. The summed E-state index contributed by atoms with van der Waals surface area (Å²) in [5.74, 6) is 0.761. The number of hydrogen-bond donors (Lipinski definition) is 2. The molecule has 2 unspecified atom stereocenters. The maximum absolute atomic E-state index is 12.3. The van der Waals surface area contributed by atoms with Crippen molar-refractivity contribution in [3.8, 4) is 0 Å². The monoisotopic (exact) mass is 356 g/mol. The van der Waals surface area contributed by atoms with Crippen LogP contribution in [0.3, 0.4) is 0 Å². The van der Waals surface area contributed by atoms with Crippen LogP contribution in [0.5, 0.6) is 0 Å². The fraction of sp³-hybridized carbons (Fsp3) is 0.250. The summed E-state index contributed by atoms with van der Waals surface area (Å²) in [5, 5.41) is 7.95. The molecule has 0 radical (unpaired) electrons. The summed E-state index contributed by atoms with van der Waals surface area (Å²) in [6, 6.07) is 16.9. The van der Waals surface area contributed by atoms with E-state index in [1.807, 2.05) is 68.4 Å². The van der Waals surface area contributed by atoms with Gasteiger partial charge in [-0.05, 0) is 43.7 Å². The predicted molar refractivity (Wildman–Crippen MR) is 101 cm³/mol. The number of hydrogen-bond acceptors (Lipinski definition) is 3. The molecule has 25 heavy (non-hydrogen) atoms. The number of carbonyl (C=O) groups excluding carboxylic acids is 1. The fourth-order valence-corrected chi connectivity index (χ4v) is 2.82. The third kappa shape index (κ3) is 4.41. The lowest BCUT2D eigenvalue weighted by Gasteiger charge is -2.18. The van der Waals surface area contributed by atoms with Crippen LogP contribution < -0.4 is 10.6 Å². The molecule has 0 saturated carbocycles. The number of carbonyl (C=O) groups is 1. The lowest BCUT2D eigenvalue weighted by Crippen LogP contribution is -2.42. The van der Waals surface area contributed by atoms with E-state index in [1.165, 1.54) is 0 Å². The summed E-state index contributed by atoms with van der Waals surface area (Å²) in [4.78, 5) is 12.3. The number of furan rings is 1. The van der Waals surface area contributed by atoms with E-state index < -0.39 is 0 Å². The summed E-state index contributed by atoms with van der Waals surface area (Å²) in [6.45, 7) is 4.30. The highest BCUT2D eigenvalue weighted by Gasteiger charge is 2.18. The maximum atomic E-state index is 12.3. The van der Waals surface area contributed by atoms with Crippen LogP contribution in [-0.4, -0.2) is 11.9 Å². The minimum atomic E-state index is -0.337. The Bertz CT molecular complexity index is 825. The predicted octanol–water partition coefficient (Wildman–Crippen LogP) is 4.44. The molecule has 0 aliphatic carbocycles. The van der Waals surface area contributed by atoms with Gasteiger partial charge in [0.25, 0.3) is 0 Å². The van der Waals surface area contributed by atoms with E-state index in [-0.39, 0.29) is 18.0 Å². The van der Waals surface area contributed by atoms with Gasteiger partial charge in [0.1, 0.15) is 11.3 Å². The first-order valence-corrected chi connectivity index (χ1v) is 8.67. The minimum absolute atomic E-state index is 0.0575. The molecule has 2 N–H and O–H groups in total. The van der Waals surface area contributed by atoms with Gasteiger partial charge in [0, 0.05) is 17.0 Å². The molecule has 3 aromatic rings. The second-order valence-corrected chi connectivity index (χ2v) is 6.58. The number of amides is 1. The third-order valence-electron chi connectivity index (χ3n) is 4.14. The van der Waals surface area contributed by atoms with E-state index in [0.717, 1.165) is 22.3 Å². The van der Waals surface area contributed by atoms with Gasteiger partial charge < -0.3 is 9.73 Å². The lowest BCUT2D eigenvalue weighted by molar-refractivity contribution is -0.123. The Labute approximate surface area is 152 Å². The Balaban J connectivity index is 1.55. The van der Waals surface area contributed by atoms with Crippen LogP contribution in [0.4, 0.5) is 0 Å². The Morgan fingerprint density at radius 3 is 2.56 bits per heavy atom. The molecule has 0 spiro atoms. The van der Waals surface area contributed by atoms with Gasteiger partial charge in [0.2, 0.25) is 5.91 Å². The average Bonchev–Trinajstić information content (AvgIpc) is 3.05. The molecular formula is C20H21ClN2O2. The van der Waals surface area contributed by atoms with Gasteiger partial charge in [-0.3, -0.25) is 10.1 Å². The van der Waals surface area contributed by atoms with Crippen molar-refractivity contribution in [1.29, 1.82) is 0 Å². The number of nitrogens with one attached hydrogen (secondary N) is 2. The Hall–Kier alpha value is -2.30. The highest BCUT2D eigenvalue weighted by atomic mass is 35.5. The Kier molecular flexibility index (Phi) is 5.41. The van der Waals surface area contributed by atoms with Crippen LogP contribution in [0, 0.1) is 0 Å². The number of para-hydroxylation sites is 1. The number of rotatable bonds is 6. The lowest BCUT2D eigenvalue weighted by atomic mass is 10.2. The third-order valence-corrected chi connectivity index (χ3v) is 4.40. The summed E-state index contributed by atoms with van der Waals surface area (Å²) in [6.07, 6.45) is 0. The Morgan fingerprint density at radius 1 is 1.12 bits per heavy atom. The normalized spacial score (nSPS) is 13.6. The van der Waals surface area contributed by atoms with Crippen molar-refractivity contribution in [1.82, 2.24) is 10.6 Å². The van der Waals surface area contributed by atoms with Crippen molar-refractivity contribution >= 4 is 28.5 Å². The Morgan fingerprint density at radius 2 is 1.84 bits per heavy atom. The first kappa shape index (κ1) is 17.5. The zero-order chi connectivity index (χ0) is 17.8. The molecule has 4 nitrogen and oxygen atoms in total. The molecule has 1 heterocycles. The molecule has 130 valence electrons. The standard InChI is InChI=1S/C20H21ClN2O2/c1-13(19-11-16-5-3-4-6-18(16)25-19)23-14(2)20(24)22-12-15-7-9-17(21)10-8-15/h3-11,13-14,23H,12H2,1-2H3,(H,22,24). The van der Waals surface area contributed by atoms with Gasteiger partial charge in [-0.2, -0.15) is 0 Å². The van der Waals surface area contributed by atoms with Gasteiger partial charge in [-0.1, -0.05) is 41.9 Å². The molecule has 0 aliphatic heterocycles. The number of benzene rings is 2. The molecule has 1 amide bonds. The van der Waals surface area contributed by atoms with Crippen LogP contribution in [0.2, 0.25) is 5.02 Å². The summed E-state index contributed by atoms with van der Waals surface area (Å²) < 4.78 is 5.84. The first-order chi connectivity index (χ1) is 12.0. The van der Waals surface area contributed by atoms with Crippen molar-refractivity contribution in [3.63, 3.8) is 0 Å². The first-order valence-electron chi connectivity index (χ1n) is 8.29. The summed E-state index contributed by atoms with van der Waals surface area (Å²) in [7, 11) is 0. The summed E-state index contributed by atoms with van der Waals surface area (Å²) in [5.41, 5.74) is 1.86. The van der Waals surface area contributed by atoms with Gasteiger partial charge in [0.15, 0.2) is 0 Å². The number of halogens is 1. The zero-order valence-corrected chi connectivity index (χ0v) is 15.0. The summed E-state index contributed by atoms with van der Waals surface area (Å²) >= 11 is 5.86. The number of fused-ring (bicyclic) bond motifs is 1. The zero-order valence-electron chi connectivity index (χ0n) is 14.3. The molecular weight excluding hydrogens is 336 g/mol. The average molecular weight is 357 g/mol. The maximum Gasteiger partial charge on any atom is 0.237 e. The molecule has 0 bridgehead atoms. The van der Waals surface area contributed by atoms with Crippen LogP contribution in [0.15, 0.2) is 59.0 Å². The van der Waals surface area contributed by atoms with Crippen molar-refractivity contribution in [2.75, 3.05) is 0 Å². The van der Waals surface area contributed by atoms with E-state index in [0.29, 0.717) is 11.6 Å². The SMILES string of the molecule is CC(NC(C)c1cc2ccccc2o1)C(=O)NCc1ccc(Cl)cc1. The van der Waals surface area contributed by atoms with Crippen molar-refractivity contribution in [2.24, 2.45) is 0 Å². The highest BCUT2D eigenvalue weighted by molar-refractivity contribution is 6.30. The van der Waals surface area contributed by atoms with E-state index in [9.17, 15) is 4.79 Å². The van der Waals surface area contributed by atoms with Gasteiger partial charge >= 0.3 is 0 Å². The highest BCUT2D eigenvalue weighted by Crippen LogP contribution is 2.23. The van der Waals surface area contributed by atoms with Gasteiger partial charge in [-0.15, -0.1) is 0 Å². The van der Waals surface area contributed by atoms with Crippen LogP contribution in [0.25, 0.3) is 11.0 Å². The molecule has 1 aromatic heterocycles. The van der Waals surface area contributed by atoms with E-state index >= 15 is 0 Å². The van der Waals surface area contributed by atoms with E-state index in [1.54, 1.807) is 0 Å². The molecule has 3 rings (SSSR count). The second kappa shape index (κ2) is 7.72. The topological polar surface area (TPSA) is 54.3 Å². The van der Waals surface area contributed by atoms with Crippen LogP contribution in [0.1, 0.15) is 31.2 Å².